The number of hydrogen-bond acceptors (Lipinski definition) is 6. The summed E-state index contributed by atoms with van der Waals surface area (Å²) in [6.07, 6.45) is 5.70. The number of rotatable bonds is 10. The Morgan fingerprint density at radius 2 is 2.38 bits per heavy atom. The fraction of sp³-hybridized carbons (Fsp3) is 0.611. The van der Waals surface area contributed by atoms with Gasteiger partial charge in [-0.3, -0.25) is 9.36 Å². The lowest BCUT2D eigenvalue weighted by atomic mass is 10.2. The van der Waals surface area contributed by atoms with Crippen LogP contribution in [-0.2, 0) is 16.1 Å². The van der Waals surface area contributed by atoms with Crippen LogP contribution >= 0.6 is 23.1 Å². The molecule has 0 aromatic carbocycles. The molecule has 0 aliphatic carbocycles. The molecule has 1 fully saturated rings. The molecule has 3 rings (SSSR count). The van der Waals surface area contributed by atoms with E-state index in [4.69, 9.17) is 4.74 Å². The molecule has 1 unspecified atom stereocenters. The lowest BCUT2D eigenvalue weighted by molar-refractivity contribution is -0.118. The molecule has 0 saturated carbocycles. The van der Waals surface area contributed by atoms with Gasteiger partial charge in [-0.15, -0.1) is 21.5 Å². The van der Waals surface area contributed by atoms with Crippen LogP contribution in [0.3, 0.4) is 0 Å². The number of carbonyl (C=O) groups excluding carboxylic acids is 1. The SMILES string of the molecule is CCCCCNC(=O)CSc1nnc(-c2cccs2)n1CC1CCCO1. The molecule has 2 aromatic rings. The highest BCUT2D eigenvalue weighted by Crippen LogP contribution is 2.28. The van der Waals surface area contributed by atoms with Crippen LogP contribution in [0.2, 0.25) is 0 Å². The average molecular weight is 395 g/mol. The Morgan fingerprint density at radius 1 is 1.46 bits per heavy atom. The van der Waals surface area contributed by atoms with Gasteiger partial charge in [0.2, 0.25) is 5.91 Å². The van der Waals surface area contributed by atoms with E-state index in [-0.39, 0.29) is 12.0 Å². The van der Waals surface area contributed by atoms with Gasteiger partial charge in [-0.05, 0) is 30.7 Å². The van der Waals surface area contributed by atoms with Crippen molar-refractivity contribution in [1.82, 2.24) is 20.1 Å². The van der Waals surface area contributed by atoms with E-state index in [0.717, 1.165) is 67.7 Å². The zero-order valence-electron chi connectivity index (χ0n) is 15.1. The lowest BCUT2D eigenvalue weighted by Crippen LogP contribution is -2.26. The Balaban J connectivity index is 1.63. The molecule has 1 atom stereocenters. The molecule has 0 bridgehead atoms. The molecular weight excluding hydrogens is 368 g/mol. The predicted molar refractivity (Wildman–Crippen MR) is 106 cm³/mol. The number of nitrogens with zero attached hydrogens (tertiary/aromatic N) is 3. The lowest BCUT2D eigenvalue weighted by Gasteiger charge is -2.14. The van der Waals surface area contributed by atoms with E-state index in [2.05, 4.69) is 33.1 Å². The summed E-state index contributed by atoms with van der Waals surface area (Å²) in [5.74, 6) is 1.28. The van der Waals surface area contributed by atoms with Gasteiger partial charge >= 0.3 is 0 Å². The van der Waals surface area contributed by atoms with Crippen molar-refractivity contribution in [2.75, 3.05) is 18.9 Å². The fourth-order valence-corrected chi connectivity index (χ4v) is 4.42. The molecule has 6 nitrogen and oxygen atoms in total. The van der Waals surface area contributed by atoms with Gasteiger partial charge in [-0.2, -0.15) is 0 Å². The van der Waals surface area contributed by atoms with E-state index in [1.54, 1.807) is 11.3 Å². The summed E-state index contributed by atoms with van der Waals surface area (Å²) < 4.78 is 7.90. The van der Waals surface area contributed by atoms with E-state index >= 15 is 0 Å². The van der Waals surface area contributed by atoms with Crippen LogP contribution < -0.4 is 5.32 Å². The number of nitrogens with one attached hydrogen (secondary N) is 1. The Kier molecular flexibility index (Phi) is 7.52. The topological polar surface area (TPSA) is 69.0 Å². The number of carbonyl (C=O) groups is 1. The quantitative estimate of drug-likeness (QED) is 0.493. The first-order valence-electron chi connectivity index (χ1n) is 9.26. The van der Waals surface area contributed by atoms with Crippen molar-refractivity contribution in [2.24, 2.45) is 0 Å². The molecule has 1 aliphatic heterocycles. The van der Waals surface area contributed by atoms with Crippen LogP contribution in [0.4, 0.5) is 0 Å². The van der Waals surface area contributed by atoms with E-state index < -0.39 is 0 Å². The second-order valence-electron chi connectivity index (χ2n) is 6.37. The van der Waals surface area contributed by atoms with Gasteiger partial charge in [-0.1, -0.05) is 37.6 Å². The summed E-state index contributed by atoms with van der Waals surface area (Å²) in [7, 11) is 0. The highest BCUT2D eigenvalue weighted by Gasteiger charge is 2.22. The molecule has 0 radical (unpaired) electrons. The molecule has 1 aliphatic rings. The predicted octanol–water partition coefficient (Wildman–Crippen LogP) is 3.58. The van der Waals surface area contributed by atoms with Crippen molar-refractivity contribution >= 4 is 29.0 Å². The van der Waals surface area contributed by atoms with Crippen molar-refractivity contribution in [1.29, 1.82) is 0 Å². The smallest absolute Gasteiger partial charge is 0.230 e. The van der Waals surface area contributed by atoms with Gasteiger partial charge in [-0.25, -0.2) is 0 Å². The molecule has 8 heteroatoms. The zero-order valence-corrected chi connectivity index (χ0v) is 16.8. The Bertz CT molecular complexity index is 681. The largest absolute Gasteiger partial charge is 0.376 e. The number of amides is 1. The first-order valence-corrected chi connectivity index (χ1v) is 11.1. The maximum absolute atomic E-state index is 12.1. The van der Waals surface area contributed by atoms with Gasteiger partial charge in [0.15, 0.2) is 11.0 Å². The van der Waals surface area contributed by atoms with Gasteiger partial charge in [0, 0.05) is 13.2 Å². The molecule has 2 aromatic heterocycles. The second kappa shape index (κ2) is 10.1. The number of hydrogen-bond donors (Lipinski definition) is 1. The Hall–Kier alpha value is -1.38. The van der Waals surface area contributed by atoms with Crippen LogP contribution in [0.1, 0.15) is 39.0 Å². The fourth-order valence-electron chi connectivity index (χ4n) is 2.92. The van der Waals surface area contributed by atoms with Gasteiger partial charge in [0.05, 0.1) is 23.3 Å². The molecule has 1 saturated heterocycles. The third-order valence-corrected chi connectivity index (χ3v) is 6.14. The number of aromatic nitrogens is 3. The summed E-state index contributed by atoms with van der Waals surface area (Å²) in [5, 5.41) is 14.5. The van der Waals surface area contributed by atoms with Crippen molar-refractivity contribution < 1.29 is 9.53 Å². The highest BCUT2D eigenvalue weighted by molar-refractivity contribution is 7.99. The molecule has 1 amide bonds. The standard InChI is InChI=1S/C18H26N4O2S2/c1-2-3-4-9-19-16(23)13-26-18-21-20-17(15-8-6-11-25-15)22(18)12-14-7-5-10-24-14/h6,8,11,14H,2-5,7,9-10,12-13H2,1H3,(H,19,23). The molecule has 1 N–H and O–H groups in total. The van der Waals surface area contributed by atoms with Crippen LogP contribution in [0, 0.1) is 0 Å². The average Bonchev–Trinajstić information content (AvgIpc) is 3.39. The zero-order chi connectivity index (χ0) is 18.2. The van der Waals surface area contributed by atoms with Crippen molar-refractivity contribution in [3.8, 4) is 10.7 Å². The molecule has 142 valence electrons. The highest BCUT2D eigenvalue weighted by atomic mass is 32.2. The van der Waals surface area contributed by atoms with E-state index in [1.807, 2.05) is 11.4 Å². The third kappa shape index (κ3) is 5.31. The van der Waals surface area contributed by atoms with Gasteiger partial charge in [0.1, 0.15) is 0 Å². The number of thiophene rings is 1. The minimum Gasteiger partial charge on any atom is -0.376 e. The van der Waals surface area contributed by atoms with Crippen LogP contribution in [0.5, 0.6) is 0 Å². The van der Waals surface area contributed by atoms with E-state index in [9.17, 15) is 4.79 Å². The second-order valence-corrected chi connectivity index (χ2v) is 8.27. The van der Waals surface area contributed by atoms with E-state index in [1.165, 1.54) is 11.8 Å². The summed E-state index contributed by atoms with van der Waals surface area (Å²) in [5.41, 5.74) is 0. The first kappa shape index (κ1) is 19.4. The summed E-state index contributed by atoms with van der Waals surface area (Å²) in [4.78, 5) is 13.1. The third-order valence-electron chi connectivity index (χ3n) is 4.30. The number of ether oxygens (including phenoxy) is 1. The van der Waals surface area contributed by atoms with Gasteiger partial charge in [0.25, 0.3) is 0 Å². The maximum Gasteiger partial charge on any atom is 0.230 e. The van der Waals surface area contributed by atoms with E-state index in [0.29, 0.717) is 5.75 Å². The maximum atomic E-state index is 12.1. The first-order chi connectivity index (χ1) is 12.8. The minimum atomic E-state index is 0.0513. The van der Waals surface area contributed by atoms with Crippen molar-refractivity contribution in [3.63, 3.8) is 0 Å². The van der Waals surface area contributed by atoms with Gasteiger partial charge < -0.3 is 10.1 Å². The number of thioether (sulfide) groups is 1. The van der Waals surface area contributed by atoms with Crippen molar-refractivity contribution in [2.45, 2.75) is 56.8 Å². The summed E-state index contributed by atoms with van der Waals surface area (Å²) >= 11 is 3.10. The Morgan fingerprint density at radius 3 is 3.12 bits per heavy atom. The monoisotopic (exact) mass is 394 g/mol. The molecule has 3 heterocycles. The molecule has 26 heavy (non-hydrogen) atoms. The minimum absolute atomic E-state index is 0.0513. The molecular formula is C18H26N4O2S2. The van der Waals surface area contributed by atoms with Crippen LogP contribution in [0.15, 0.2) is 22.7 Å². The molecule has 0 spiro atoms. The Labute approximate surface area is 162 Å². The van der Waals surface area contributed by atoms with Crippen molar-refractivity contribution in [3.05, 3.63) is 17.5 Å². The van der Waals surface area contributed by atoms with Crippen LogP contribution in [0.25, 0.3) is 10.7 Å². The number of unbranched alkanes of at least 4 members (excludes halogenated alkanes) is 2. The van der Waals surface area contributed by atoms with Crippen LogP contribution in [-0.4, -0.2) is 45.7 Å². The normalized spacial score (nSPS) is 16.9. The summed E-state index contributed by atoms with van der Waals surface area (Å²) in [6, 6.07) is 4.07. The summed E-state index contributed by atoms with van der Waals surface area (Å²) in [6.45, 7) is 4.46.